The fourth-order valence-corrected chi connectivity index (χ4v) is 3.09. The molecule has 6 heteroatoms. The number of nitrogens with one attached hydrogen (secondary N) is 1. The van der Waals surface area contributed by atoms with Crippen LogP contribution in [0.3, 0.4) is 0 Å². The lowest BCUT2D eigenvalue weighted by atomic mass is 10.1. The van der Waals surface area contributed by atoms with Crippen LogP contribution in [-0.4, -0.2) is 64.4 Å². The second kappa shape index (κ2) is 6.97. The van der Waals surface area contributed by atoms with E-state index in [-0.39, 0.29) is 0 Å². The van der Waals surface area contributed by atoms with Gasteiger partial charge in [-0.15, -0.1) is 0 Å². The Hall–Kier alpha value is -1.47. The minimum Gasteiger partial charge on any atom is -0.388 e. The quantitative estimate of drug-likeness (QED) is 0.825. The first-order valence-electron chi connectivity index (χ1n) is 8.20. The largest absolute Gasteiger partial charge is 0.388 e. The van der Waals surface area contributed by atoms with Crippen LogP contribution in [0.15, 0.2) is 24.5 Å². The molecule has 1 aliphatic heterocycles. The number of hydrogen-bond donors (Lipinski definition) is 2. The van der Waals surface area contributed by atoms with Gasteiger partial charge < -0.3 is 19.6 Å². The van der Waals surface area contributed by atoms with E-state index in [1.54, 1.807) is 0 Å². The second-order valence-corrected chi connectivity index (χ2v) is 6.62. The Bertz CT molecular complexity index is 647. The van der Waals surface area contributed by atoms with Gasteiger partial charge in [-0.2, -0.15) is 0 Å². The van der Waals surface area contributed by atoms with E-state index < -0.39 is 5.60 Å². The standard InChI is InChI=1S/C17H26N4O2/c1-14-4-3-5-21-15(11-19-16(14)21)10-18-12-17(2,22)13-20-6-8-23-9-7-20/h3-5,11,18,22H,6-10,12-13H2,1-2H3. The number of aliphatic hydroxyl groups is 1. The number of hydrogen-bond acceptors (Lipinski definition) is 5. The van der Waals surface area contributed by atoms with Crippen LogP contribution in [0.4, 0.5) is 0 Å². The molecule has 3 rings (SSSR count). The number of morpholine rings is 1. The summed E-state index contributed by atoms with van der Waals surface area (Å²) < 4.78 is 7.44. The lowest BCUT2D eigenvalue weighted by Gasteiger charge is -2.34. The third-order valence-corrected chi connectivity index (χ3v) is 4.29. The summed E-state index contributed by atoms with van der Waals surface area (Å²) in [7, 11) is 0. The number of imidazole rings is 1. The maximum atomic E-state index is 10.6. The fraction of sp³-hybridized carbons (Fsp3) is 0.588. The molecule has 0 radical (unpaired) electrons. The number of ether oxygens (including phenoxy) is 1. The number of aryl methyl sites for hydroxylation is 1. The number of aromatic nitrogens is 2. The van der Waals surface area contributed by atoms with Crippen molar-refractivity contribution in [2.24, 2.45) is 0 Å². The Morgan fingerprint density at radius 2 is 2.17 bits per heavy atom. The molecule has 1 saturated heterocycles. The van der Waals surface area contributed by atoms with Crippen molar-refractivity contribution in [1.29, 1.82) is 0 Å². The van der Waals surface area contributed by atoms with Crippen molar-refractivity contribution >= 4 is 5.65 Å². The molecule has 2 N–H and O–H groups in total. The van der Waals surface area contributed by atoms with Crippen molar-refractivity contribution in [1.82, 2.24) is 19.6 Å². The van der Waals surface area contributed by atoms with Gasteiger partial charge in [0.25, 0.3) is 0 Å². The van der Waals surface area contributed by atoms with E-state index in [1.807, 2.05) is 25.4 Å². The molecule has 1 unspecified atom stereocenters. The number of fused-ring (bicyclic) bond motifs is 1. The predicted octanol–water partition coefficient (Wildman–Crippen LogP) is 0.816. The van der Waals surface area contributed by atoms with Crippen molar-refractivity contribution in [3.63, 3.8) is 0 Å². The molecule has 3 heterocycles. The van der Waals surface area contributed by atoms with Crippen molar-refractivity contribution in [2.75, 3.05) is 39.4 Å². The minimum atomic E-state index is -0.756. The Morgan fingerprint density at radius 1 is 1.39 bits per heavy atom. The summed E-state index contributed by atoms with van der Waals surface area (Å²) in [6.07, 6.45) is 3.92. The normalized spacial score (nSPS) is 19.1. The third-order valence-electron chi connectivity index (χ3n) is 4.29. The van der Waals surface area contributed by atoms with Gasteiger partial charge in [-0.05, 0) is 25.5 Å². The van der Waals surface area contributed by atoms with Crippen LogP contribution in [0.2, 0.25) is 0 Å². The summed E-state index contributed by atoms with van der Waals surface area (Å²) in [6.45, 7) is 9.13. The Morgan fingerprint density at radius 3 is 2.96 bits per heavy atom. The molecular formula is C17H26N4O2. The highest BCUT2D eigenvalue weighted by atomic mass is 16.5. The molecule has 0 saturated carbocycles. The smallest absolute Gasteiger partial charge is 0.139 e. The minimum absolute atomic E-state index is 0.545. The molecule has 23 heavy (non-hydrogen) atoms. The van der Waals surface area contributed by atoms with Crippen LogP contribution >= 0.6 is 0 Å². The molecule has 0 amide bonds. The third kappa shape index (κ3) is 4.09. The van der Waals surface area contributed by atoms with Gasteiger partial charge in [0, 0.05) is 38.9 Å². The summed E-state index contributed by atoms with van der Waals surface area (Å²) >= 11 is 0. The van der Waals surface area contributed by atoms with E-state index in [1.165, 1.54) is 0 Å². The molecule has 6 nitrogen and oxygen atoms in total. The Balaban J connectivity index is 1.54. The Labute approximate surface area is 137 Å². The van der Waals surface area contributed by atoms with Crippen molar-refractivity contribution in [2.45, 2.75) is 26.0 Å². The van der Waals surface area contributed by atoms with E-state index >= 15 is 0 Å². The highest BCUT2D eigenvalue weighted by Crippen LogP contribution is 2.12. The van der Waals surface area contributed by atoms with E-state index in [0.29, 0.717) is 19.6 Å². The van der Waals surface area contributed by atoms with Crippen molar-refractivity contribution in [3.05, 3.63) is 35.8 Å². The zero-order chi connectivity index (χ0) is 16.3. The highest BCUT2D eigenvalue weighted by molar-refractivity contribution is 5.48. The van der Waals surface area contributed by atoms with Crippen molar-refractivity contribution < 1.29 is 9.84 Å². The highest BCUT2D eigenvalue weighted by Gasteiger charge is 2.24. The van der Waals surface area contributed by atoms with Gasteiger partial charge in [-0.3, -0.25) is 4.90 Å². The molecule has 2 aromatic rings. The summed E-state index contributed by atoms with van der Waals surface area (Å²) in [6, 6.07) is 4.09. The van der Waals surface area contributed by atoms with Gasteiger partial charge in [0.1, 0.15) is 5.65 Å². The van der Waals surface area contributed by atoms with Gasteiger partial charge in [-0.25, -0.2) is 4.98 Å². The lowest BCUT2D eigenvalue weighted by molar-refractivity contribution is -0.0219. The Kier molecular flexibility index (Phi) is 4.96. The van der Waals surface area contributed by atoms with Gasteiger partial charge in [0.15, 0.2) is 0 Å². The molecule has 1 aliphatic rings. The van der Waals surface area contributed by atoms with Crippen LogP contribution in [0.1, 0.15) is 18.2 Å². The second-order valence-electron chi connectivity index (χ2n) is 6.62. The van der Waals surface area contributed by atoms with Gasteiger partial charge in [0.2, 0.25) is 0 Å². The molecule has 2 aromatic heterocycles. The molecule has 0 spiro atoms. The van der Waals surface area contributed by atoms with Crippen molar-refractivity contribution in [3.8, 4) is 0 Å². The zero-order valence-electron chi connectivity index (χ0n) is 14.0. The molecule has 1 atom stereocenters. The van der Waals surface area contributed by atoms with Crippen LogP contribution in [0, 0.1) is 6.92 Å². The van der Waals surface area contributed by atoms with Crippen LogP contribution in [0.5, 0.6) is 0 Å². The van der Waals surface area contributed by atoms with Gasteiger partial charge in [-0.1, -0.05) is 6.07 Å². The number of nitrogens with zero attached hydrogens (tertiary/aromatic N) is 3. The number of rotatable bonds is 6. The zero-order valence-corrected chi connectivity index (χ0v) is 14.0. The number of pyridine rings is 1. The van der Waals surface area contributed by atoms with Crippen LogP contribution < -0.4 is 5.32 Å². The van der Waals surface area contributed by atoms with E-state index in [4.69, 9.17) is 4.74 Å². The fourth-order valence-electron chi connectivity index (χ4n) is 3.09. The summed E-state index contributed by atoms with van der Waals surface area (Å²) in [5, 5.41) is 13.9. The summed E-state index contributed by atoms with van der Waals surface area (Å²) in [5.41, 5.74) is 2.50. The summed E-state index contributed by atoms with van der Waals surface area (Å²) in [5.74, 6) is 0. The van der Waals surface area contributed by atoms with Crippen LogP contribution in [-0.2, 0) is 11.3 Å². The summed E-state index contributed by atoms with van der Waals surface area (Å²) in [4.78, 5) is 6.72. The maximum absolute atomic E-state index is 10.6. The predicted molar refractivity (Wildman–Crippen MR) is 89.5 cm³/mol. The molecule has 1 fully saturated rings. The average Bonchev–Trinajstić information content (AvgIpc) is 2.92. The SMILES string of the molecule is Cc1cccn2c(CNCC(C)(O)CN3CCOCC3)cnc12. The maximum Gasteiger partial charge on any atom is 0.139 e. The first kappa shape index (κ1) is 16.4. The van der Waals surface area contributed by atoms with E-state index in [9.17, 15) is 5.11 Å². The molecule has 0 bridgehead atoms. The van der Waals surface area contributed by atoms with E-state index in [2.05, 4.69) is 32.6 Å². The van der Waals surface area contributed by atoms with Gasteiger partial charge in [0.05, 0.1) is 30.7 Å². The number of β-amino-alcohol motifs (C(OH)–C–C–N with tert-alkyl or cyclic N) is 1. The van der Waals surface area contributed by atoms with Crippen LogP contribution in [0.25, 0.3) is 5.65 Å². The first-order chi connectivity index (χ1) is 11.1. The molecule has 0 aromatic carbocycles. The molecular weight excluding hydrogens is 292 g/mol. The average molecular weight is 318 g/mol. The molecule has 0 aliphatic carbocycles. The molecule has 126 valence electrons. The monoisotopic (exact) mass is 318 g/mol. The van der Waals surface area contributed by atoms with E-state index in [0.717, 1.165) is 43.2 Å². The van der Waals surface area contributed by atoms with Gasteiger partial charge >= 0.3 is 0 Å². The lowest BCUT2D eigenvalue weighted by Crippen LogP contribution is -2.50. The topological polar surface area (TPSA) is 62.0 Å². The first-order valence-corrected chi connectivity index (χ1v) is 8.20.